The molecule has 3 nitrogen and oxygen atoms in total. The SMILES string of the molecule is C[C@H]1C[C@@H](C(=O)NC2(c3ccc(Br)cc3)CCC2)CCN1.Cl. The first-order valence-corrected chi connectivity index (χ1v) is 8.70. The highest BCUT2D eigenvalue weighted by Crippen LogP contribution is 2.42. The summed E-state index contributed by atoms with van der Waals surface area (Å²) in [7, 11) is 0. The van der Waals surface area contributed by atoms with Crippen molar-refractivity contribution in [3.05, 3.63) is 34.3 Å². The van der Waals surface area contributed by atoms with E-state index in [9.17, 15) is 4.79 Å². The van der Waals surface area contributed by atoms with Crippen LogP contribution in [0.2, 0.25) is 0 Å². The highest BCUT2D eigenvalue weighted by Gasteiger charge is 2.41. The molecule has 0 radical (unpaired) electrons. The number of halogens is 2. The van der Waals surface area contributed by atoms with Crippen molar-refractivity contribution in [1.82, 2.24) is 10.6 Å². The zero-order valence-electron chi connectivity index (χ0n) is 12.9. The number of rotatable bonds is 3. The number of hydrogen-bond acceptors (Lipinski definition) is 2. The smallest absolute Gasteiger partial charge is 0.223 e. The molecule has 1 aromatic carbocycles. The molecular formula is C17H24BrClN2O. The Balaban J connectivity index is 0.00000176. The molecule has 22 heavy (non-hydrogen) atoms. The first-order chi connectivity index (χ1) is 10.1. The van der Waals surface area contributed by atoms with Gasteiger partial charge in [-0.2, -0.15) is 0 Å². The summed E-state index contributed by atoms with van der Waals surface area (Å²) in [6, 6.07) is 8.84. The van der Waals surface area contributed by atoms with Gasteiger partial charge in [-0.05, 0) is 63.3 Å². The molecular weight excluding hydrogens is 364 g/mol. The molecule has 0 spiro atoms. The van der Waals surface area contributed by atoms with Gasteiger partial charge in [0.15, 0.2) is 0 Å². The molecule has 1 saturated carbocycles. The van der Waals surface area contributed by atoms with E-state index in [0.717, 1.165) is 36.7 Å². The second-order valence-electron chi connectivity index (χ2n) is 6.51. The number of nitrogens with one attached hydrogen (secondary N) is 2. The molecule has 2 N–H and O–H groups in total. The van der Waals surface area contributed by atoms with E-state index in [1.807, 2.05) is 0 Å². The monoisotopic (exact) mass is 386 g/mol. The molecule has 3 rings (SSSR count). The van der Waals surface area contributed by atoms with Gasteiger partial charge < -0.3 is 10.6 Å². The fraction of sp³-hybridized carbons (Fsp3) is 0.588. The second kappa shape index (κ2) is 7.33. The molecule has 2 fully saturated rings. The molecule has 0 bridgehead atoms. The summed E-state index contributed by atoms with van der Waals surface area (Å²) in [5.41, 5.74) is 1.12. The van der Waals surface area contributed by atoms with Crippen molar-refractivity contribution in [3.8, 4) is 0 Å². The predicted molar refractivity (Wildman–Crippen MR) is 95.3 cm³/mol. The maximum atomic E-state index is 12.6. The summed E-state index contributed by atoms with van der Waals surface area (Å²) in [5, 5.41) is 6.78. The van der Waals surface area contributed by atoms with Crippen LogP contribution < -0.4 is 10.6 Å². The van der Waals surface area contributed by atoms with Gasteiger partial charge in [0, 0.05) is 16.4 Å². The van der Waals surface area contributed by atoms with Crippen LogP contribution in [0, 0.1) is 5.92 Å². The Morgan fingerprint density at radius 1 is 1.32 bits per heavy atom. The minimum atomic E-state index is -0.119. The number of carbonyl (C=O) groups excluding carboxylic acids is 1. The molecule has 1 aliphatic heterocycles. The lowest BCUT2D eigenvalue weighted by molar-refractivity contribution is -0.129. The van der Waals surface area contributed by atoms with Gasteiger partial charge in [0.25, 0.3) is 0 Å². The molecule has 2 atom stereocenters. The van der Waals surface area contributed by atoms with Crippen molar-refractivity contribution in [2.45, 2.75) is 50.6 Å². The minimum Gasteiger partial charge on any atom is -0.346 e. The highest BCUT2D eigenvalue weighted by atomic mass is 79.9. The van der Waals surface area contributed by atoms with Crippen LogP contribution in [0.25, 0.3) is 0 Å². The van der Waals surface area contributed by atoms with Crippen molar-refractivity contribution in [3.63, 3.8) is 0 Å². The van der Waals surface area contributed by atoms with E-state index >= 15 is 0 Å². The third-order valence-electron chi connectivity index (χ3n) is 4.96. The standard InChI is InChI=1S/C17H23BrN2O.ClH/c1-12-11-13(7-10-19-12)16(21)20-17(8-2-9-17)14-3-5-15(18)6-4-14;/h3-6,12-13,19H,2,7-11H2,1H3,(H,20,21);1H/t12-,13-;/m0./s1. The van der Waals surface area contributed by atoms with Crippen LogP contribution in [0.4, 0.5) is 0 Å². The van der Waals surface area contributed by atoms with Gasteiger partial charge >= 0.3 is 0 Å². The van der Waals surface area contributed by atoms with Crippen molar-refractivity contribution >= 4 is 34.2 Å². The van der Waals surface area contributed by atoms with Crippen LogP contribution in [-0.4, -0.2) is 18.5 Å². The Kier molecular flexibility index (Phi) is 5.92. The molecule has 1 heterocycles. The van der Waals surface area contributed by atoms with Crippen LogP contribution in [0.1, 0.15) is 44.6 Å². The fourth-order valence-electron chi connectivity index (χ4n) is 3.49. The van der Waals surface area contributed by atoms with E-state index < -0.39 is 0 Å². The van der Waals surface area contributed by atoms with E-state index in [1.54, 1.807) is 0 Å². The van der Waals surface area contributed by atoms with E-state index in [-0.39, 0.29) is 29.8 Å². The van der Waals surface area contributed by atoms with Gasteiger partial charge in [-0.1, -0.05) is 28.1 Å². The first kappa shape index (κ1) is 17.8. The minimum absolute atomic E-state index is 0. The lowest BCUT2D eigenvalue weighted by Crippen LogP contribution is -2.54. The Morgan fingerprint density at radius 2 is 2.00 bits per heavy atom. The average Bonchev–Trinajstić information content (AvgIpc) is 2.44. The number of carbonyl (C=O) groups is 1. The van der Waals surface area contributed by atoms with Gasteiger partial charge in [-0.25, -0.2) is 0 Å². The van der Waals surface area contributed by atoms with Crippen LogP contribution in [0.3, 0.4) is 0 Å². The lowest BCUT2D eigenvalue weighted by atomic mass is 9.71. The van der Waals surface area contributed by atoms with E-state index in [4.69, 9.17) is 0 Å². The topological polar surface area (TPSA) is 41.1 Å². The quantitative estimate of drug-likeness (QED) is 0.829. The van der Waals surface area contributed by atoms with Crippen LogP contribution in [0.15, 0.2) is 28.7 Å². The van der Waals surface area contributed by atoms with Gasteiger partial charge in [0.05, 0.1) is 5.54 Å². The van der Waals surface area contributed by atoms with E-state index in [0.29, 0.717) is 6.04 Å². The van der Waals surface area contributed by atoms with Crippen molar-refractivity contribution < 1.29 is 4.79 Å². The molecule has 1 aliphatic carbocycles. The summed E-state index contributed by atoms with van der Waals surface area (Å²) in [6.07, 6.45) is 5.20. The summed E-state index contributed by atoms with van der Waals surface area (Å²) in [5.74, 6) is 0.403. The summed E-state index contributed by atoms with van der Waals surface area (Å²) in [4.78, 5) is 12.6. The van der Waals surface area contributed by atoms with Gasteiger partial charge in [-0.3, -0.25) is 4.79 Å². The van der Waals surface area contributed by atoms with E-state index in [1.165, 1.54) is 12.0 Å². The van der Waals surface area contributed by atoms with Crippen molar-refractivity contribution in [2.24, 2.45) is 5.92 Å². The zero-order chi connectivity index (χ0) is 14.9. The Bertz CT molecular complexity index is 516. The van der Waals surface area contributed by atoms with Gasteiger partial charge in [0.1, 0.15) is 0 Å². The fourth-order valence-corrected chi connectivity index (χ4v) is 3.76. The van der Waals surface area contributed by atoms with Crippen LogP contribution >= 0.6 is 28.3 Å². The Labute approximate surface area is 147 Å². The Morgan fingerprint density at radius 3 is 2.55 bits per heavy atom. The van der Waals surface area contributed by atoms with Crippen molar-refractivity contribution in [1.29, 1.82) is 0 Å². The molecule has 0 aromatic heterocycles. The number of hydrogen-bond donors (Lipinski definition) is 2. The number of amides is 1. The molecule has 122 valence electrons. The van der Waals surface area contributed by atoms with E-state index in [2.05, 4.69) is 57.8 Å². The summed E-state index contributed by atoms with van der Waals surface area (Å²) >= 11 is 3.48. The summed E-state index contributed by atoms with van der Waals surface area (Å²) < 4.78 is 1.08. The third kappa shape index (κ3) is 3.66. The molecule has 0 unspecified atom stereocenters. The van der Waals surface area contributed by atoms with Crippen LogP contribution in [0.5, 0.6) is 0 Å². The normalized spacial score (nSPS) is 26.5. The largest absolute Gasteiger partial charge is 0.346 e. The highest BCUT2D eigenvalue weighted by molar-refractivity contribution is 9.10. The van der Waals surface area contributed by atoms with Crippen molar-refractivity contribution in [2.75, 3.05) is 6.54 Å². The molecule has 5 heteroatoms. The zero-order valence-corrected chi connectivity index (χ0v) is 15.3. The molecule has 1 saturated heterocycles. The Hall–Kier alpha value is -0.580. The summed E-state index contributed by atoms with van der Waals surface area (Å²) in [6.45, 7) is 3.11. The maximum absolute atomic E-state index is 12.6. The van der Waals surface area contributed by atoms with Gasteiger partial charge in [0.2, 0.25) is 5.91 Å². The molecule has 1 amide bonds. The van der Waals surface area contributed by atoms with Gasteiger partial charge in [-0.15, -0.1) is 12.4 Å². The first-order valence-electron chi connectivity index (χ1n) is 7.90. The van der Waals surface area contributed by atoms with Crippen LogP contribution in [-0.2, 0) is 10.3 Å². The number of piperidine rings is 1. The average molecular weight is 388 g/mol. The lowest BCUT2D eigenvalue weighted by Gasteiger charge is -2.44. The molecule has 2 aliphatic rings. The molecule has 1 aromatic rings. The number of benzene rings is 1. The second-order valence-corrected chi connectivity index (χ2v) is 7.42. The third-order valence-corrected chi connectivity index (χ3v) is 5.49. The maximum Gasteiger partial charge on any atom is 0.223 e. The predicted octanol–water partition coefficient (Wildman–Crippen LogP) is 3.75.